The fraction of sp³-hybridized carbons (Fsp3) is 0.0909. The number of hydrogen-bond acceptors (Lipinski definition) is 5. The first kappa shape index (κ1) is 20.2. The van der Waals surface area contributed by atoms with Crippen LogP contribution in [-0.4, -0.2) is 23.1 Å². The second-order valence-electron chi connectivity index (χ2n) is 6.02. The van der Waals surface area contributed by atoms with E-state index in [2.05, 4.69) is 10.3 Å². The van der Waals surface area contributed by atoms with Gasteiger partial charge in [-0.2, -0.15) is 0 Å². The van der Waals surface area contributed by atoms with Gasteiger partial charge in [-0.05, 0) is 53.6 Å². The van der Waals surface area contributed by atoms with Crippen molar-refractivity contribution in [3.05, 3.63) is 83.2 Å². The molecule has 3 aromatic rings. The van der Waals surface area contributed by atoms with Crippen LogP contribution in [0.5, 0.6) is 17.2 Å². The smallest absolute Gasteiger partial charge is 0.248 e. The third-order valence-electron chi connectivity index (χ3n) is 3.99. The van der Waals surface area contributed by atoms with Gasteiger partial charge in [-0.1, -0.05) is 23.7 Å². The number of anilines is 1. The van der Waals surface area contributed by atoms with E-state index in [9.17, 15) is 9.90 Å². The standard InChI is InChI=1S/C22H19ClN2O4/c1-28-19-7-5-15(13-18(19)26)6-8-21(27)25-17-3-2-4-20(22(17)23)29-14-16-9-11-24-12-10-16/h2-13,26H,14H2,1H3,(H,25,27). The zero-order valence-corrected chi connectivity index (χ0v) is 16.4. The van der Waals surface area contributed by atoms with Gasteiger partial charge in [0.15, 0.2) is 11.5 Å². The minimum absolute atomic E-state index is 0.00264. The highest BCUT2D eigenvalue weighted by molar-refractivity contribution is 6.35. The molecular formula is C22H19ClN2O4. The number of carbonyl (C=O) groups is 1. The number of rotatable bonds is 7. The summed E-state index contributed by atoms with van der Waals surface area (Å²) in [6.07, 6.45) is 6.30. The summed E-state index contributed by atoms with van der Waals surface area (Å²) in [5.41, 5.74) is 2.04. The first-order valence-electron chi connectivity index (χ1n) is 8.73. The first-order valence-corrected chi connectivity index (χ1v) is 9.11. The number of pyridine rings is 1. The SMILES string of the molecule is COc1ccc(C=CC(=O)Nc2cccc(OCc3ccncc3)c2Cl)cc1O. The summed E-state index contributed by atoms with van der Waals surface area (Å²) < 4.78 is 10.7. The van der Waals surface area contributed by atoms with Crippen molar-refractivity contribution in [2.45, 2.75) is 6.61 Å². The number of methoxy groups -OCH3 is 1. The van der Waals surface area contributed by atoms with Crippen molar-refractivity contribution >= 4 is 29.3 Å². The number of nitrogens with one attached hydrogen (secondary N) is 1. The Hall–Kier alpha value is -3.51. The molecule has 0 aliphatic carbocycles. The summed E-state index contributed by atoms with van der Waals surface area (Å²) in [5, 5.41) is 12.8. The van der Waals surface area contributed by atoms with E-state index in [0.29, 0.717) is 34.4 Å². The lowest BCUT2D eigenvalue weighted by molar-refractivity contribution is -0.111. The Balaban J connectivity index is 1.65. The van der Waals surface area contributed by atoms with Crippen molar-refractivity contribution in [2.24, 2.45) is 0 Å². The molecule has 2 N–H and O–H groups in total. The summed E-state index contributed by atoms with van der Waals surface area (Å²) in [6, 6.07) is 13.7. The van der Waals surface area contributed by atoms with Crippen molar-refractivity contribution in [3.63, 3.8) is 0 Å². The molecule has 1 heterocycles. The molecule has 0 saturated heterocycles. The van der Waals surface area contributed by atoms with Crippen molar-refractivity contribution in [2.75, 3.05) is 12.4 Å². The van der Waals surface area contributed by atoms with Crippen molar-refractivity contribution in [3.8, 4) is 17.2 Å². The zero-order valence-electron chi connectivity index (χ0n) is 15.6. The van der Waals surface area contributed by atoms with Crippen molar-refractivity contribution in [1.82, 2.24) is 4.98 Å². The minimum Gasteiger partial charge on any atom is -0.504 e. The lowest BCUT2D eigenvalue weighted by Crippen LogP contribution is -2.08. The van der Waals surface area contributed by atoms with E-state index in [1.807, 2.05) is 12.1 Å². The topological polar surface area (TPSA) is 80.7 Å². The van der Waals surface area contributed by atoms with Crippen LogP contribution in [0.2, 0.25) is 5.02 Å². The van der Waals surface area contributed by atoms with Gasteiger partial charge in [-0.25, -0.2) is 0 Å². The fourth-order valence-electron chi connectivity index (χ4n) is 2.52. The van der Waals surface area contributed by atoms with Crippen LogP contribution in [0.4, 0.5) is 5.69 Å². The number of benzene rings is 2. The van der Waals surface area contributed by atoms with Gasteiger partial charge in [-0.15, -0.1) is 0 Å². The van der Waals surface area contributed by atoms with Crippen LogP contribution in [0.25, 0.3) is 6.08 Å². The minimum atomic E-state index is -0.367. The van der Waals surface area contributed by atoms with E-state index in [1.54, 1.807) is 48.8 Å². The predicted octanol–water partition coefficient (Wildman–Crippen LogP) is 4.68. The van der Waals surface area contributed by atoms with Gasteiger partial charge in [0, 0.05) is 18.5 Å². The Morgan fingerprint density at radius 2 is 1.97 bits per heavy atom. The molecule has 0 radical (unpaired) electrons. The van der Waals surface area contributed by atoms with Crippen LogP contribution >= 0.6 is 11.6 Å². The Labute approximate surface area is 173 Å². The maximum atomic E-state index is 12.2. The largest absolute Gasteiger partial charge is 0.504 e. The number of aromatic hydroxyl groups is 1. The molecule has 29 heavy (non-hydrogen) atoms. The average Bonchev–Trinajstić information content (AvgIpc) is 2.74. The molecule has 6 nitrogen and oxygen atoms in total. The molecule has 2 aromatic carbocycles. The first-order chi connectivity index (χ1) is 14.1. The molecule has 1 aromatic heterocycles. The van der Waals surface area contributed by atoms with Crippen LogP contribution in [0.15, 0.2) is 67.0 Å². The van der Waals surface area contributed by atoms with E-state index < -0.39 is 0 Å². The van der Waals surface area contributed by atoms with Gasteiger partial charge in [0.2, 0.25) is 5.91 Å². The predicted molar refractivity (Wildman–Crippen MR) is 112 cm³/mol. The summed E-state index contributed by atoms with van der Waals surface area (Å²) in [6.45, 7) is 0.334. The Morgan fingerprint density at radius 3 is 2.69 bits per heavy atom. The lowest BCUT2D eigenvalue weighted by Gasteiger charge is -2.11. The highest BCUT2D eigenvalue weighted by atomic mass is 35.5. The highest BCUT2D eigenvalue weighted by Crippen LogP contribution is 2.32. The van der Waals surface area contributed by atoms with Crippen LogP contribution in [0, 0.1) is 0 Å². The van der Waals surface area contributed by atoms with Crippen LogP contribution < -0.4 is 14.8 Å². The van der Waals surface area contributed by atoms with Gasteiger partial charge >= 0.3 is 0 Å². The van der Waals surface area contributed by atoms with Crippen molar-refractivity contribution < 1.29 is 19.4 Å². The van der Waals surface area contributed by atoms with Crippen molar-refractivity contribution in [1.29, 1.82) is 0 Å². The zero-order chi connectivity index (χ0) is 20.6. The number of ether oxygens (including phenoxy) is 2. The number of aromatic nitrogens is 1. The fourth-order valence-corrected chi connectivity index (χ4v) is 2.74. The number of hydrogen-bond donors (Lipinski definition) is 2. The van der Waals surface area contributed by atoms with E-state index >= 15 is 0 Å². The summed E-state index contributed by atoms with van der Waals surface area (Å²) in [7, 11) is 1.47. The normalized spacial score (nSPS) is 10.7. The second-order valence-corrected chi connectivity index (χ2v) is 6.39. The monoisotopic (exact) mass is 410 g/mol. The molecule has 3 rings (SSSR count). The average molecular weight is 411 g/mol. The molecule has 0 aliphatic rings. The molecule has 7 heteroatoms. The molecule has 0 spiro atoms. The van der Waals surface area contributed by atoms with E-state index in [4.69, 9.17) is 21.1 Å². The Morgan fingerprint density at radius 1 is 1.17 bits per heavy atom. The molecule has 0 unspecified atom stereocenters. The highest BCUT2D eigenvalue weighted by Gasteiger charge is 2.09. The Bertz CT molecular complexity index is 1020. The number of phenolic OH excluding ortho intramolecular Hbond substituents is 1. The maximum Gasteiger partial charge on any atom is 0.248 e. The molecule has 0 aliphatic heterocycles. The summed E-state index contributed by atoms with van der Waals surface area (Å²) >= 11 is 6.37. The van der Waals surface area contributed by atoms with Gasteiger partial charge < -0.3 is 19.9 Å². The van der Waals surface area contributed by atoms with Crippen LogP contribution in [0.3, 0.4) is 0 Å². The molecule has 1 amide bonds. The molecule has 148 valence electrons. The molecule has 0 atom stereocenters. The third-order valence-corrected chi connectivity index (χ3v) is 4.38. The molecule has 0 bridgehead atoms. The van der Waals surface area contributed by atoms with Gasteiger partial charge in [-0.3, -0.25) is 9.78 Å². The van der Waals surface area contributed by atoms with Gasteiger partial charge in [0.05, 0.1) is 12.8 Å². The molecule has 0 fully saturated rings. The van der Waals surface area contributed by atoms with E-state index in [-0.39, 0.29) is 11.7 Å². The third kappa shape index (κ3) is 5.49. The Kier molecular flexibility index (Phi) is 6.71. The lowest BCUT2D eigenvalue weighted by atomic mass is 10.2. The molecular weight excluding hydrogens is 392 g/mol. The number of phenols is 1. The van der Waals surface area contributed by atoms with Gasteiger partial charge in [0.25, 0.3) is 0 Å². The van der Waals surface area contributed by atoms with E-state index in [0.717, 1.165) is 5.56 Å². The summed E-state index contributed by atoms with van der Waals surface area (Å²) in [5.74, 6) is 0.456. The van der Waals surface area contributed by atoms with Gasteiger partial charge in [0.1, 0.15) is 17.4 Å². The quantitative estimate of drug-likeness (QED) is 0.553. The number of nitrogens with zero attached hydrogens (tertiary/aromatic N) is 1. The summed E-state index contributed by atoms with van der Waals surface area (Å²) in [4.78, 5) is 16.2. The number of carbonyl (C=O) groups excluding carboxylic acids is 1. The maximum absolute atomic E-state index is 12.2. The molecule has 0 saturated carbocycles. The second kappa shape index (κ2) is 9.61. The van der Waals surface area contributed by atoms with E-state index in [1.165, 1.54) is 19.3 Å². The van der Waals surface area contributed by atoms with Crippen LogP contribution in [0.1, 0.15) is 11.1 Å². The number of amides is 1. The van der Waals surface area contributed by atoms with Crippen LogP contribution in [-0.2, 0) is 11.4 Å². The number of halogens is 1.